The molecule has 0 fully saturated rings. The molecule has 0 saturated carbocycles. The van der Waals surface area contributed by atoms with E-state index in [1.165, 1.54) is 21.1 Å². The predicted octanol–water partition coefficient (Wildman–Crippen LogP) is -0.975. The lowest BCUT2D eigenvalue weighted by Gasteiger charge is -2.22. The molecule has 0 radical (unpaired) electrons. The lowest BCUT2D eigenvalue weighted by molar-refractivity contribution is -0.142. The van der Waals surface area contributed by atoms with E-state index < -0.39 is 30.1 Å². The number of hydrogen-bond acceptors (Lipinski definition) is 5. The van der Waals surface area contributed by atoms with Crippen molar-refractivity contribution in [1.82, 2.24) is 10.2 Å². The second-order valence-corrected chi connectivity index (χ2v) is 3.75. The van der Waals surface area contributed by atoms with Gasteiger partial charge in [0.1, 0.15) is 0 Å². The molecule has 8 heteroatoms. The number of aliphatic carboxylic acids is 1. The number of aliphatic hydroxyl groups excluding tert-OH is 1. The second kappa shape index (κ2) is 7.49. The van der Waals surface area contributed by atoms with Crippen LogP contribution in [-0.2, 0) is 14.3 Å². The number of nitrogens with one attached hydrogen (secondary N) is 1. The minimum Gasteiger partial charge on any atom is -0.480 e. The lowest BCUT2D eigenvalue weighted by atomic mass is 10.2. The van der Waals surface area contributed by atoms with E-state index in [-0.39, 0.29) is 13.0 Å². The Hall–Kier alpha value is -1.83. The van der Waals surface area contributed by atoms with E-state index in [0.717, 1.165) is 4.90 Å². The first-order valence-corrected chi connectivity index (χ1v) is 5.29. The third-order valence-electron chi connectivity index (χ3n) is 2.25. The number of carbonyl (C=O) groups excluding carboxylic acids is 2. The molecule has 0 aliphatic carbocycles. The summed E-state index contributed by atoms with van der Waals surface area (Å²) < 4.78 is 4.41. The molecule has 0 aromatic rings. The van der Waals surface area contributed by atoms with Gasteiger partial charge in [0.05, 0.1) is 19.6 Å². The molecule has 0 spiro atoms. The molecule has 0 unspecified atom stereocenters. The number of esters is 1. The first-order chi connectivity index (χ1) is 8.29. The van der Waals surface area contributed by atoms with E-state index in [1.54, 1.807) is 0 Å². The fourth-order valence-corrected chi connectivity index (χ4v) is 1.09. The molecule has 18 heavy (non-hydrogen) atoms. The van der Waals surface area contributed by atoms with E-state index in [1.807, 2.05) is 0 Å². The summed E-state index contributed by atoms with van der Waals surface area (Å²) in [6, 6.07) is -2.08. The Kier molecular flexibility index (Phi) is 6.73. The summed E-state index contributed by atoms with van der Waals surface area (Å²) in [5, 5.41) is 20.1. The topological polar surface area (TPSA) is 116 Å². The van der Waals surface area contributed by atoms with Crippen LogP contribution in [0.25, 0.3) is 0 Å². The molecule has 0 aliphatic heterocycles. The van der Waals surface area contributed by atoms with Gasteiger partial charge in [0.2, 0.25) is 0 Å². The van der Waals surface area contributed by atoms with Crippen molar-refractivity contribution in [3.63, 3.8) is 0 Å². The fourth-order valence-electron chi connectivity index (χ4n) is 1.09. The van der Waals surface area contributed by atoms with Gasteiger partial charge in [-0.15, -0.1) is 0 Å². The van der Waals surface area contributed by atoms with Crippen LogP contribution in [0.5, 0.6) is 0 Å². The standard InChI is InChI=1S/C10H18N2O6/c1-6(13)8(9(15)16)11-10(17)12(2)5-4-7(14)18-3/h6,8,13H,4-5H2,1-3H3,(H,11,17)(H,15,16)/t6-,8+/m1/s1. The van der Waals surface area contributed by atoms with Crippen LogP contribution in [0.4, 0.5) is 4.79 Å². The van der Waals surface area contributed by atoms with Gasteiger partial charge in [0.25, 0.3) is 0 Å². The number of rotatable bonds is 6. The monoisotopic (exact) mass is 262 g/mol. The molecule has 0 rings (SSSR count). The van der Waals surface area contributed by atoms with E-state index >= 15 is 0 Å². The summed E-state index contributed by atoms with van der Waals surface area (Å²) >= 11 is 0. The Morgan fingerprint density at radius 2 is 1.94 bits per heavy atom. The molecule has 0 heterocycles. The van der Waals surface area contributed by atoms with Gasteiger partial charge in [0, 0.05) is 13.6 Å². The molecule has 3 N–H and O–H groups in total. The number of amides is 2. The van der Waals surface area contributed by atoms with Crippen LogP contribution >= 0.6 is 0 Å². The van der Waals surface area contributed by atoms with Crippen LogP contribution in [0.3, 0.4) is 0 Å². The molecule has 0 bridgehead atoms. The quantitative estimate of drug-likeness (QED) is 0.530. The lowest BCUT2D eigenvalue weighted by Crippen LogP contribution is -2.51. The van der Waals surface area contributed by atoms with Crippen molar-refractivity contribution in [2.24, 2.45) is 0 Å². The molecular weight excluding hydrogens is 244 g/mol. The summed E-state index contributed by atoms with van der Waals surface area (Å²) in [4.78, 5) is 34.3. The third-order valence-corrected chi connectivity index (χ3v) is 2.25. The van der Waals surface area contributed by atoms with Crippen molar-refractivity contribution in [3.05, 3.63) is 0 Å². The number of aliphatic hydroxyl groups is 1. The number of methoxy groups -OCH3 is 1. The Bertz CT molecular complexity index is 317. The maximum absolute atomic E-state index is 11.6. The SMILES string of the molecule is COC(=O)CCN(C)C(=O)N[C@H](C(=O)O)[C@@H](C)O. The first kappa shape index (κ1) is 16.2. The van der Waals surface area contributed by atoms with Gasteiger partial charge in [0.15, 0.2) is 6.04 Å². The zero-order valence-electron chi connectivity index (χ0n) is 10.5. The van der Waals surface area contributed by atoms with Crippen LogP contribution in [0.15, 0.2) is 0 Å². The third kappa shape index (κ3) is 5.48. The van der Waals surface area contributed by atoms with Gasteiger partial charge in [-0.3, -0.25) is 4.79 Å². The highest BCUT2D eigenvalue weighted by molar-refractivity contribution is 5.83. The highest BCUT2D eigenvalue weighted by atomic mass is 16.5. The second-order valence-electron chi connectivity index (χ2n) is 3.75. The molecule has 8 nitrogen and oxygen atoms in total. The molecular formula is C10H18N2O6. The van der Waals surface area contributed by atoms with Gasteiger partial charge in [-0.25, -0.2) is 9.59 Å². The molecule has 0 saturated heterocycles. The smallest absolute Gasteiger partial charge is 0.328 e. The number of carbonyl (C=O) groups is 3. The fraction of sp³-hybridized carbons (Fsp3) is 0.700. The van der Waals surface area contributed by atoms with Crippen LogP contribution in [0.2, 0.25) is 0 Å². The van der Waals surface area contributed by atoms with Gasteiger partial charge in [-0.1, -0.05) is 0 Å². The normalized spacial score (nSPS) is 13.3. The average Bonchev–Trinajstić information content (AvgIpc) is 2.30. The van der Waals surface area contributed by atoms with E-state index in [2.05, 4.69) is 10.1 Å². The maximum atomic E-state index is 11.6. The predicted molar refractivity (Wildman–Crippen MR) is 60.9 cm³/mol. The minimum absolute atomic E-state index is 0.00678. The average molecular weight is 262 g/mol. The number of nitrogens with zero attached hydrogens (tertiary/aromatic N) is 1. The zero-order valence-corrected chi connectivity index (χ0v) is 10.5. The Labute approximate surface area is 105 Å². The van der Waals surface area contributed by atoms with Crippen LogP contribution in [-0.4, -0.2) is 65.9 Å². The summed E-state index contributed by atoms with van der Waals surface area (Å²) in [6.07, 6.45) is -1.22. The van der Waals surface area contributed by atoms with Gasteiger partial charge in [-0.2, -0.15) is 0 Å². The van der Waals surface area contributed by atoms with Crippen molar-refractivity contribution in [2.75, 3.05) is 20.7 Å². The summed E-state index contributed by atoms with van der Waals surface area (Å²) in [5.74, 6) is -1.81. The van der Waals surface area contributed by atoms with E-state index in [4.69, 9.17) is 5.11 Å². The molecule has 104 valence electrons. The van der Waals surface area contributed by atoms with E-state index in [0.29, 0.717) is 0 Å². The molecule has 0 aromatic heterocycles. The van der Waals surface area contributed by atoms with Gasteiger partial charge >= 0.3 is 18.0 Å². The minimum atomic E-state index is -1.39. The number of carboxylic acids is 1. The molecule has 0 aromatic carbocycles. The van der Waals surface area contributed by atoms with E-state index in [9.17, 15) is 19.5 Å². The highest BCUT2D eigenvalue weighted by Crippen LogP contribution is 1.97. The Morgan fingerprint density at radius 1 is 1.39 bits per heavy atom. The van der Waals surface area contributed by atoms with Crippen molar-refractivity contribution in [3.8, 4) is 0 Å². The summed E-state index contributed by atoms with van der Waals surface area (Å²) in [5.41, 5.74) is 0. The summed E-state index contributed by atoms with van der Waals surface area (Å²) in [6.45, 7) is 1.35. The van der Waals surface area contributed by atoms with Crippen LogP contribution in [0, 0.1) is 0 Å². The van der Waals surface area contributed by atoms with Gasteiger partial charge in [-0.05, 0) is 6.92 Å². The molecule has 2 amide bonds. The Balaban J connectivity index is 4.29. The Morgan fingerprint density at radius 3 is 2.33 bits per heavy atom. The van der Waals surface area contributed by atoms with Crippen molar-refractivity contribution in [2.45, 2.75) is 25.5 Å². The first-order valence-electron chi connectivity index (χ1n) is 5.29. The number of hydrogen-bond donors (Lipinski definition) is 3. The van der Waals surface area contributed by atoms with Crippen LogP contribution in [0.1, 0.15) is 13.3 Å². The van der Waals surface area contributed by atoms with Crippen molar-refractivity contribution in [1.29, 1.82) is 0 Å². The molecule has 2 atom stereocenters. The highest BCUT2D eigenvalue weighted by Gasteiger charge is 2.26. The van der Waals surface area contributed by atoms with Gasteiger partial charge < -0.3 is 25.2 Å². The molecule has 0 aliphatic rings. The number of urea groups is 1. The van der Waals surface area contributed by atoms with Crippen molar-refractivity contribution >= 4 is 18.0 Å². The zero-order chi connectivity index (χ0) is 14.3. The number of carboxylic acid groups (broad SMARTS) is 1. The maximum Gasteiger partial charge on any atom is 0.328 e. The summed E-state index contributed by atoms with van der Waals surface area (Å²) in [7, 11) is 2.63. The van der Waals surface area contributed by atoms with Crippen molar-refractivity contribution < 1.29 is 29.3 Å². The largest absolute Gasteiger partial charge is 0.480 e. The number of ether oxygens (including phenoxy) is 1. The van der Waals surface area contributed by atoms with Crippen LogP contribution < -0.4 is 5.32 Å².